The van der Waals surface area contributed by atoms with Gasteiger partial charge in [0.2, 0.25) is 0 Å². The first-order valence-electron chi connectivity index (χ1n) is 12.8. The highest BCUT2D eigenvalue weighted by Gasteiger charge is 2.36. The summed E-state index contributed by atoms with van der Waals surface area (Å²) in [6.07, 6.45) is 6.79. The fourth-order valence-corrected chi connectivity index (χ4v) is 6.07. The number of nitrogens with zero attached hydrogens (tertiary/aromatic N) is 4. The van der Waals surface area contributed by atoms with E-state index in [1.807, 2.05) is 4.68 Å². The molecule has 2 fully saturated rings. The van der Waals surface area contributed by atoms with Crippen molar-refractivity contribution in [1.29, 1.82) is 0 Å². The third-order valence-electron chi connectivity index (χ3n) is 7.91. The molecule has 35 heavy (non-hydrogen) atoms. The summed E-state index contributed by atoms with van der Waals surface area (Å²) in [4.78, 5) is 10.2. The van der Waals surface area contributed by atoms with E-state index >= 15 is 0 Å². The van der Waals surface area contributed by atoms with Crippen LogP contribution >= 0.6 is 0 Å². The standard InChI is InChI=1S/C28H34N6O/c1-20(25-14-31-26-8-7-21(13-24(25)26)15-34-19-29-18-32-34)28-23(9-10-30-28)16-33-11-12-35-17-27(33)22-5-3-2-4-6-22/h2-8,13-14,18-20,23,27-28,30-31H,9-12,15-17H2,1H3/t20?,23?,27-,28?/m0/s1. The van der Waals surface area contributed by atoms with Crippen LogP contribution in [0, 0.1) is 5.92 Å². The van der Waals surface area contributed by atoms with Crippen molar-refractivity contribution >= 4 is 10.9 Å². The fraction of sp³-hybridized carbons (Fsp3) is 0.429. The number of fused-ring (bicyclic) bond motifs is 1. The van der Waals surface area contributed by atoms with Gasteiger partial charge >= 0.3 is 0 Å². The van der Waals surface area contributed by atoms with E-state index in [0.717, 1.165) is 39.4 Å². The third-order valence-corrected chi connectivity index (χ3v) is 7.91. The van der Waals surface area contributed by atoms with E-state index < -0.39 is 0 Å². The predicted octanol–water partition coefficient (Wildman–Crippen LogP) is 3.96. The van der Waals surface area contributed by atoms with E-state index in [-0.39, 0.29) is 0 Å². The molecule has 0 aliphatic carbocycles. The summed E-state index contributed by atoms with van der Waals surface area (Å²) < 4.78 is 7.76. The minimum atomic E-state index is 0.342. The molecule has 4 aromatic rings. The predicted molar refractivity (Wildman–Crippen MR) is 137 cm³/mol. The minimum Gasteiger partial charge on any atom is -0.378 e. The lowest BCUT2D eigenvalue weighted by Gasteiger charge is -2.39. The van der Waals surface area contributed by atoms with Gasteiger partial charge in [0.1, 0.15) is 12.7 Å². The largest absolute Gasteiger partial charge is 0.378 e. The maximum absolute atomic E-state index is 5.89. The molecule has 3 unspecified atom stereocenters. The molecule has 7 heteroatoms. The average Bonchev–Trinajstić information content (AvgIpc) is 3.66. The summed E-state index contributed by atoms with van der Waals surface area (Å²) in [5.41, 5.74) is 5.19. The number of ether oxygens (including phenoxy) is 1. The molecular formula is C28H34N6O. The zero-order valence-electron chi connectivity index (χ0n) is 20.3. The third kappa shape index (κ3) is 4.63. The Kier molecular flexibility index (Phi) is 6.37. The van der Waals surface area contributed by atoms with Crippen molar-refractivity contribution in [2.75, 3.05) is 32.8 Å². The summed E-state index contributed by atoms with van der Waals surface area (Å²) in [5, 5.41) is 9.44. The number of benzene rings is 2. The van der Waals surface area contributed by atoms with Gasteiger partial charge in [0, 0.05) is 36.2 Å². The molecule has 7 nitrogen and oxygen atoms in total. The second-order valence-corrected chi connectivity index (χ2v) is 10.0. The molecule has 2 aliphatic heterocycles. The molecular weight excluding hydrogens is 436 g/mol. The van der Waals surface area contributed by atoms with Crippen LogP contribution in [0.1, 0.15) is 42.0 Å². The summed E-state index contributed by atoms with van der Waals surface area (Å²) in [6, 6.07) is 18.3. The van der Waals surface area contributed by atoms with Crippen LogP contribution in [-0.2, 0) is 11.3 Å². The summed E-state index contributed by atoms with van der Waals surface area (Å²) >= 11 is 0. The molecule has 0 saturated carbocycles. The van der Waals surface area contributed by atoms with Gasteiger partial charge in [-0.2, -0.15) is 5.10 Å². The Labute approximate surface area is 206 Å². The Bertz CT molecular complexity index is 1240. The zero-order valence-corrected chi connectivity index (χ0v) is 20.3. The number of morpholine rings is 1. The topological polar surface area (TPSA) is 71.0 Å². The van der Waals surface area contributed by atoms with Crippen molar-refractivity contribution in [3.05, 3.63) is 84.1 Å². The SMILES string of the molecule is CC(c1c[nH]c2ccc(Cn3cncn3)cc12)C1NCCC1CN1CCOC[C@H]1c1ccccc1. The van der Waals surface area contributed by atoms with E-state index in [1.165, 1.54) is 34.0 Å². The molecule has 4 heterocycles. The molecule has 2 aliphatic rings. The van der Waals surface area contributed by atoms with E-state index in [2.05, 4.69) is 86.9 Å². The highest BCUT2D eigenvalue weighted by atomic mass is 16.5. The molecule has 0 spiro atoms. The van der Waals surface area contributed by atoms with E-state index in [1.54, 1.807) is 12.7 Å². The Hall–Kier alpha value is -3.00. The van der Waals surface area contributed by atoms with Crippen LogP contribution in [-0.4, -0.2) is 63.5 Å². The summed E-state index contributed by atoms with van der Waals surface area (Å²) in [7, 11) is 0. The first-order valence-corrected chi connectivity index (χ1v) is 12.8. The number of aromatic amines is 1. The van der Waals surface area contributed by atoms with Crippen LogP contribution in [0.2, 0.25) is 0 Å². The molecule has 0 radical (unpaired) electrons. The van der Waals surface area contributed by atoms with Gasteiger partial charge in [0.25, 0.3) is 0 Å². The maximum atomic E-state index is 5.89. The normalized spacial score (nSPS) is 24.2. The molecule has 2 aromatic carbocycles. The highest BCUT2D eigenvalue weighted by molar-refractivity contribution is 5.84. The second-order valence-electron chi connectivity index (χ2n) is 10.0. The Morgan fingerprint density at radius 1 is 1.17 bits per heavy atom. The average molecular weight is 471 g/mol. The first kappa shape index (κ1) is 22.5. The van der Waals surface area contributed by atoms with Crippen LogP contribution in [0.4, 0.5) is 0 Å². The Morgan fingerprint density at radius 3 is 2.94 bits per heavy atom. The number of hydrogen-bond acceptors (Lipinski definition) is 5. The van der Waals surface area contributed by atoms with E-state index in [9.17, 15) is 0 Å². The van der Waals surface area contributed by atoms with Crippen LogP contribution in [0.3, 0.4) is 0 Å². The van der Waals surface area contributed by atoms with Gasteiger partial charge in [-0.3, -0.25) is 4.90 Å². The van der Waals surface area contributed by atoms with Gasteiger partial charge in [-0.1, -0.05) is 43.3 Å². The smallest absolute Gasteiger partial charge is 0.137 e. The lowest BCUT2D eigenvalue weighted by atomic mass is 9.84. The van der Waals surface area contributed by atoms with Gasteiger partial charge in [-0.25, -0.2) is 9.67 Å². The highest BCUT2D eigenvalue weighted by Crippen LogP contribution is 2.36. The number of aromatic nitrogens is 4. The summed E-state index contributed by atoms with van der Waals surface area (Å²) in [5.74, 6) is 1.02. The quantitative estimate of drug-likeness (QED) is 0.428. The monoisotopic (exact) mass is 470 g/mol. The van der Waals surface area contributed by atoms with E-state index in [4.69, 9.17) is 4.74 Å². The van der Waals surface area contributed by atoms with Crippen molar-refractivity contribution in [2.45, 2.75) is 37.9 Å². The Balaban J connectivity index is 1.21. The molecule has 0 bridgehead atoms. The van der Waals surface area contributed by atoms with Crippen molar-refractivity contribution in [1.82, 2.24) is 30.0 Å². The molecule has 6 rings (SSSR count). The van der Waals surface area contributed by atoms with Crippen LogP contribution < -0.4 is 5.32 Å². The first-order chi connectivity index (χ1) is 17.3. The molecule has 2 saturated heterocycles. The van der Waals surface area contributed by atoms with Crippen molar-refractivity contribution in [3.63, 3.8) is 0 Å². The van der Waals surface area contributed by atoms with Gasteiger partial charge in [0.05, 0.1) is 25.8 Å². The van der Waals surface area contributed by atoms with Gasteiger partial charge in [-0.15, -0.1) is 0 Å². The van der Waals surface area contributed by atoms with Crippen molar-refractivity contribution < 1.29 is 4.74 Å². The van der Waals surface area contributed by atoms with Crippen molar-refractivity contribution in [3.8, 4) is 0 Å². The van der Waals surface area contributed by atoms with Gasteiger partial charge in [0.15, 0.2) is 0 Å². The molecule has 4 atom stereocenters. The minimum absolute atomic E-state index is 0.342. The van der Waals surface area contributed by atoms with Crippen molar-refractivity contribution in [2.24, 2.45) is 5.92 Å². The maximum Gasteiger partial charge on any atom is 0.137 e. The number of H-pyrrole nitrogens is 1. The van der Waals surface area contributed by atoms with Gasteiger partial charge in [-0.05, 0) is 53.6 Å². The number of rotatable bonds is 7. The molecule has 2 N–H and O–H groups in total. The van der Waals surface area contributed by atoms with Gasteiger partial charge < -0.3 is 15.0 Å². The number of nitrogens with one attached hydrogen (secondary N) is 2. The molecule has 0 amide bonds. The van der Waals surface area contributed by atoms with Crippen LogP contribution in [0.15, 0.2) is 67.4 Å². The summed E-state index contributed by atoms with van der Waals surface area (Å²) in [6.45, 7) is 7.90. The second kappa shape index (κ2) is 9.93. The molecule has 2 aromatic heterocycles. The lowest BCUT2D eigenvalue weighted by molar-refractivity contribution is -0.0165. The lowest BCUT2D eigenvalue weighted by Crippen LogP contribution is -2.45. The fourth-order valence-electron chi connectivity index (χ4n) is 6.07. The number of hydrogen-bond donors (Lipinski definition) is 2. The zero-order chi connectivity index (χ0) is 23.6. The Morgan fingerprint density at radius 2 is 2.09 bits per heavy atom. The van der Waals surface area contributed by atoms with Crippen LogP contribution in [0.5, 0.6) is 0 Å². The van der Waals surface area contributed by atoms with E-state index in [0.29, 0.717) is 23.9 Å². The van der Waals surface area contributed by atoms with Crippen LogP contribution in [0.25, 0.3) is 10.9 Å². The molecule has 182 valence electrons.